The quantitative estimate of drug-likeness (QED) is 0.0562. The van der Waals surface area contributed by atoms with E-state index >= 15 is 0 Å². The molecule has 0 saturated heterocycles. The summed E-state index contributed by atoms with van der Waals surface area (Å²) in [4.78, 5) is 27.6. The second-order valence-electron chi connectivity index (χ2n) is 13.3. The second kappa shape index (κ2) is 18.0. The number of rotatable bonds is 16. The van der Waals surface area contributed by atoms with Crippen molar-refractivity contribution in [1.29, 1.82) is 0 Å². The molecule has 276 valence electrons. The fourth-order valence-electron chi connectivity index (χ4n) is 5.64. The van der Waals surface area contributed by atoms with E-state index in [4.69, 9.17) is 0 Å². The molecule has 0 radical (unpaired) electrons. The third-order valence-electron chi connectivity index (χ3n) is 8.37. The van der Waals surface area contributed by atoms with Crippen molar-refractivity contribution in [1.82, 2.24) is 29.9 Å². The molecule has 6 N–H and O–H groups in total. The Morgan fingerprint density at radius 1 is 0.519 bits per heavy atom. The summed E-state index contributed by atoms with van der Waals surface area (Å²) in [5, 5.41) is 32.4. The van der Waals surface area contributed by atoms with E-state index in [9.17, 15) is 10.2 Å². The SMILES string of the molecule is Cc1cc(Cc2nc(NCC(C)O)nc(Nc3ccccc3)n2)ccc1/C=C/c1ccc(Nc2nc(Cc3ccccc3)nc(NCC(C)O)n2)cc1C. The largest absolute Gasteiger partial charge is 0.392 e. The van der Waals surface area contributed by atoms with Gasteiger partial charge < -0.3 is 31.5 Å². The molecule has 0 saturated carbocycles. The normalized spacial score (nSPS) is 12.3. The van der Waals surface area contributed by atoms with E-state index in [-0.39, 0.29) is 0 Å². The summed E-state index contributed by atoms with van der Waals surface area (Å²) in [5.41, 5.74) is 8.31. The third kappa shape index (κ3) is 11.1. The lowest BCUT2D eigenvalue weighted by Crippen LogP contribution is -2.18. The molecular weight excluding hydrogens is 677 g/mol. The Kier molecular flexibility index (Phi) is 12.5. The average Bonchev–Trinajstić information content (AvgIpc) is 3.14. The van der Waals surface area contributed by atoms with E-state index in [0.29, 0.717) is 61.4 Å². The van der Waals surface area contributed by atoms with Crippen LogP contribution in [0.25, 0.3) is 12.2 Å². The van der Waals surface area contributed by atoms with Crippen molar-refractivity contribution in [3.05, 3.63) is 142 Å². The van der Waals surface area contributed by atoms with Gasteiger partial charge in [-0.15, -0.1) is 0 Å². The summed E-state index contributed by atoms with van der Waals surface area (Å²) >= 11 is 0. The number of benzene rings is 4. The number of nitrogens with one attached hydrogen (secondary N) is 4. The van der Waals surface area contributed by atoms with Gasteiger partial charge in [0.05, 0.1) is 12.2 Å². The molecule has 4 aromatic carbocycles. The Bertz CT molecular complexity index is 2020. The van der Waals surface area contributed by atoms with E-state index < -0.39 is 12.2 Å². The maximum atomic E-state index is 9.79. The fourth-order valence-corrected chi connectivity index (χ4v) is 5.64. The molecule has 0 amide bonds. The van der Waals surface area contributed by atoms with Gasteiger partial charge in [-0.2, -0.15) is 29.9 Å². The molecule has 12 nitrogen and oxygen atoms in total. The van der Waals surface area contributed by atoms with E-state index in [2.05, 4.69) is 108 Å². The molecule has 0 aliphatic carbocycles. The molecule has 0 fully saturated rings. The number of aromatic nitrogens is 6. The van der Waals surface area contributed by atoms with Gasteiger partial charge in [-0.05, 0) is 85.3 Å². The Labute approximate surface area is 316 Å². The Morgan fingerprint density at radius 3 is 1.54 bits per heavy atom. The highest BCUT2D eigenvalue weighted by Gasteiger charge is 2.12. The zero-order valence-corrected chi connectivity index (χ0v) is 31.0. The molecule has 0 spiro atoms. The summed E-state index contributed by atoms with van der Waals surface area (Å²) in [6.07, 6.45) is 4.22. The highest BCUT2D eigenvalue weighted by molar-refractivity contribution is 5.74. The van der Waals surface area contributed by atoms with Gasteiger partial charge in [-0.1, -0.05) is 84.9 Å². The van der Waals surface area contributed by atoms with Crippen LogP contribution >= 0.6 is 0 Å². The third-order valence-corrected chi connectivity index (χ3v) is 8.37. The van der Waals surface area contributed by atoms with Crippen LogP contribution in [0.5, 0.6) is 0 Å². The lowest BCUT2D eigenvalue weighted by Gasteiger charge is -2.12. The van der Waals surface area contributed by atoms with Crippen molar-refractivity contribution in [2.75, 3.05) is 34.4 Å². The molecule has 0 aliphatic heterocycles. The van der Waals surface area contributed by atoms with Gasteiger partial charge >= 0.3 is 0 Å². The van der Waals surface area contributed by atoms with Crippen LogP contribution in [0.1, 0.15) is 58.9 Å². The molecule has 0 aliphatic rings. The van der Waals surface area contributed by atoms with Gasteiger partial charge in [0.15, 0.2) is 0 Å². The first kappa shape index (κ1) is 37.5. The number of aryl methyl sites for hydroxylation is 2. The van der Waals surface area contributed by atoms with Crippen LogP contribution in [-0.4, -0.2) is 65.4 Å². The van der Waals surface area contributed by atoms with Crippen LogP contribution in [0.4, 0.5) is 35.2 Å². The van der Waals surface area contributed by atoms with Gasteiger partial charge in [-0.25, -0.2) is 0 Å². The first-order chi connectivity index (χ1) is 26.1. The molecule has 2 unspecified atom stereocenters. The summed E-state index contributed by atoms with van der Waals surface area (Å²) in [6.45, 7) is 8.25. The number of anilines is 6. The molecule has 6 aromatic rings. The minimum Gasteiger partial charge on any atom is -0.392 e. The lowest BCUT2D eigenvalue weighted by molar-refractivity contribution is 0.207. The Balaban J connectivity index is 1.14. The standard InChI is InChI=1S/C42H46N10O2/c1-27-21-32(24-38-48-40(44-26-30(4)54)51-41(50-38)45-35-13-9-6-10-14-35)15-16-33(27)17-18-34-19-20-36(22-28(34)2)46-42-49-37(23-31-11-7-5-8-12-31)47-39(52-42)43-25-29(3)53/h5-22,29-30,53-54H,23-26H2,1-4H3,(H2,43,46,47,49,52)(H2,44,45,48,50,51)/b18-17+. The highest BCUT2D eigenvalue weighted by atomic mass is 16.3. The first-order valence-electron chi connectivity index (χ1n) is 18.0. The van der Waals surface area contributed by atoms with E-state index in [1.165, 1.54) is 0 Å². The van der Waals surface area contributed by atoms with Gasteiger partial charge in [0.25, 0.3) is 0 Å². The molecular formula is C42H46N10O2. The van der Waals surface area contributed by atoms with Crippen LogP contribution in [0.2, 0.25) is 0 Å². The molecule has 2 heterocycles. The smallest absolute Gasteiger partial charge is 0.232 e. The van der Waals surface area contributed by atoms with Crippen molar-refractivity contribution in [2.45, 2.75) is 52.7 Å². The number of hydrogen-bond acceptors (Lipinski definition) is 12. The molecule has 54 heavy (non-hydrogen) atoms. The van der Waals surface area contributed by atoms with Crippen LogP contribution in [0.15, 0.2) is 97.1 Å². The molecule has 12 heteroatoms. The lowest BCUT2D eigenvalue weighted by atomic mass is 10.0. The van der Waals surface area contributed by atoms with Crippen LogP contribution < -0.4 is 21.3 Å². The molecule has 2 atom stereocenters. The fraction of sp³-hybridized carbons (Fsp3) is 0.238. The van der Waals surface area contributed by atoms with Gasteiger partial charge in [0.2, 0.25) is 23.8 Å². The summed E-state index contributed by atoms with van der Waals surface area (Å²) in [6, 6.07) is 32.3. The summed E-state index contributed by atoms with van der Waals surface area (Å²) in [5.74, 6) is 2.91. The summed E-state index contributed by atoms with van der Waals surface area (Å²) in [7, 11) is 0. The topological polar surface area (TPSA) is 166 Å². The minimum absolute atomic E-state index is 0.326. The molecule has 6 rings (SSSR count). The molecule has 2 aromatic heterocycles. The average molecular weight is 723 g/mol. The van der Waals surface area contributed by atoms with Gasteiger partial charge in [-0.3, -0.25) is 0 Å². The monoisotopic (exact) mass is 722 g/mol. The maximum Gasteiger partial charge on any atom is 0.232 e. The van der Waals surface area contributed by atoms with Crippen LogP contribution in [0.3, 0.4) is 0 Å². The van der Waals surface area contributed by atoms with E-state index in [1.807, 2.05) is 66.7 Å². The predicted octanol–water partition coefficient (Wildman–Crippen LogP) is 7.10. The number of hydrogen-bond donors (Lipinski definition) is 6. The number of aliphatic hydroxyl groups excluding tert-OH is 2. The van der Waals surface area contributed by atoms with Gasteiger partial charge in [0, 0.05) is 37.3 Å². The predicted molar refractivity (Wildman–Crippen MR) is 216 cm³/mol. The number of para-hydroxylation sites is 1. The highest BCUT2D eigenvalue weighted by Crippen LogP contribution is 2.23. The van der Waals surface area contributed by atoms with Crippen molar-refractivity contribution in [3.63, 3.8) is 0 Å². The maximum absolute atomic E-state index is 9.79. The number of nitrogens with zero attached hydrogens (tertiary/aromatic N) is 6. The van der Waals surface area contributed by atoms with Gasteiger partial charge in [0.1, 0.15) is 11.6 Å². The van der Waals surface area contributed by atoms with Crippen molar-refractivity contribution in [2.24, 2.45) is 0 Å². The Hall–Kier alpha value is -6.24. The number of aliphatic hydroxyl groups is 2. The second-order valence-corrected chi connectivity index (χ2v) is 13.3. The first-order valence-corrected chi connectivity index (χ1v) is 18.0. The molecule has 0 bridgehead atoms. The van der Waals surface area contributed by atoms with E-state index in [1.54, 1.807) is 13.8 Å². The van der Waals surface area contributed by atoms with Crippen LogP contribution in [0, 0.1) is 13.8 Å². The zero-order valence-electron chi connectivity index (χ0n) is 31.0. The zero-order chi connectivity index (χ0) is 37.9. The van der Waals surface area contributed by atoms with Crippen molar-refractivity contribution >= 4 is 47.3 Å². The Morgan fingerprint density at radius 2 is 1.00 bits per heavy atom. The summed E-state index contributed by atoms with van der Waals surface area (Å²) < 4.78 is 0. The van der Waals surface area contributed by atoms with Crippen LogP contribution in [-0.2, 0) is 12.8 Å². The van der Waals surface area contributed by atoms with E-state index in [0.717, 1.165) is 44.8 Å². The van der Waals surface area contributed by atoms with Crippen molar-refractivity contribution in [3.8, 4) is 0 Å². The van der Waals surface area contributed by atoms with Crippen molar-refractivity contribution < 1.29 is 10.2 Å². The minimum atomic E-state index is -0.545.